The third kappa shape index (κ3) is 5.55. The predicted molar refractivity (Wildman–Crippen MR) is 132 cm³/mol. The molecule has 1 aliphatic heterocycles. The Bertz CT molecular complexity index is 1190. The summed E-state index contributed by atoms with van der Waals surface area (Å²) in [6.45, 7) is 4.75. The Labute approximate surface area is 207 Å². The first-order valence-electron chi connectivity index (χ1n) is 11.0. The van der Waals surface area contributed by atoms with Crippen LogP contribution in [0.1, 0.15) is 34.3 Å². The molecule has 1 saturated heterocycles. The normalized spacial score (nSPS) is 13.6. The average molecular weight is 503 g/mol. The van der Waals surface area contributed by atoms with E-state index in [0.717, 1.165) is 5.69 Å². The van der Waals surface area contributed by atoms with Crippen LogP contribution in [0.4, 0.5) is 11.4 Å². The molecular weight excluding hydrogens is 479 g/mol. The Morgan fingerprint density at radius 3 is 2.62 bits per heavy atom. The van der Waals surface area contributed by atoms with E-state index in [-0.39, 0.29) is 5.76 Å². The molecule has 2 heterocycles. The zero-order valence-corrected chi connectivity index (χ0v) is 20.1. The first-order chi connectivity index (χ1) is 16.5. The molecule has 7 nitrogen and oxygen atoms in total. The van der Waals surface area contributed by atoms with Crippen molar-refractivity contribution in [1.29, 1.82) is 0 Å². The van der Waals surface area contributed by atoms with Crippen LogP contribution in [-0.2, 0) is 9.47 Å². The minimum atomic E-state index is -0.462. The lowest BCUT2D eigenvalue weighted by Crippen LogP contribution is -2.37. The fourth-order valence-corrected chi connectivity index (χ4v) is 4.00. The summed E-state index contributed by atoms with van der Waals surface area (Å²) >= 11 is 12.3. The van der Waals surface area contributed by atoms with Gasteiger partial charge in [0.2, 0.25) is 0 Å². The number of benzene rings is 2. The van der Waals surface area contributed by atoms with Gasteiger partial charge >= 0.3 is 5.97 Å². The van der Waals surface area contributed by atoms with Crippen LogP contribution in [0, 0.1) is 0 Å². The Kier molecular flexibility index (Phi) is 7.77. The first kappa shape index (κ1) is 24.1. The maximum absolute atomic E-state index is 12.8. The van der Waals surface area contributed by atoms with Crippen molar-refractivity contribution in [1.82, 2.24) is 0 Å². The van der Waals surface area contributed by atoms with Crippen molar-refractivity contribution in [2.75, 3.05) is 43.1 Å². The molecule has 1 fully saturated rings. The maximum atomic E-state index is 12.8. The molecule has 34 heavy (non-hydrogen) atoms. The minimum Gasteiger partial charge on any atom is -0.462 e. The lowest BCUT2D eigenvalue weighted by Gasteiger charge is -2.30. The van der Waals surface area contributed by atoms with Crippen LogP contribution in [0.5, 0.6) is 0 Å². The summed E-state index contributed by atoms with van der Waals surface area (Å²) in [6.07, 6.45) is 0.715. The highest BCUT2D eigenvalue weighted by Gasteiger charge is 2.22. The van der Waals surface area contributed by atoms with Crippen LogP contribution in [0.25, 0.3) is 11.3 Å². The van der Waals surface area contributed by atoms with Crippen LogP contribution in [0.15, 0.2) is 52.9 Å². The van der Waals surface area contributed by atoms with E-state index < -0.39 is 11.9 Å². The summed E-state index contributed by atoms with van der Waals surface area (Å²) < 4.78 is 16.5. The predicted octanol–water partition coefficient (Wildman–Crippen LogP) is 5.91. The number of amides is 1. The van der Waals surface area contributed by atoms with E-state index in [4.69, 9.17) is 37.1 Å². The number of nitrogens with zero attached hydrogens (tertiary/aromatic N) is 1. The molecule has 4 rings (SSSR count). The summed E-state index contributed by atoms with van der Waals surface area (Å²) in [5.41, 5.74) is 2.17. The van der Waals surface area contributed by atoms with E-state index in [1.807, 2.05) is 13.0 Å². The number of hydrogen-bond donors (Lipinski definition) is 1. The summed E-state index contributed by atoms with van der Waals surface area (Å²) in [4.78, 5) is 27.7. The van der Waals surface area contributed by atoms with Gasteiger partial charge in [-0.25, -0.2) is 4.79 Å². The van der Waals surface area contributed by atoms with Gasteiger partial charge in [0.15, 0.2) is 5.76 Å². The van der Waals surface area contributed by atoms with Crippen LogP contribution < -0.4 is 10.2 Å². The molecule has 0 aliphatic carbocycles. The third-order valence-electron chi connectivity index (χ3n) is 5.29. The van der Waals surface area contributed by atoms with Gasteiger partial charge in [0.05, 0.1) is 36.1 Å². The second kappa shape index (κ2) is 11.0. The molecular formula is C25H24Cl2N2O5. The Balaban J connectivity index is 1.56. The molecule has 0 spiro atoms. The smallest absolute Gasteiger partial charge is 0.340 e. The van der Waals surface area contributed by atoms with Gasteiger partial charge in [0, 0.05) is 29.4 Å². The zero-order valence-electron chi connectivity index (χ0n) is 18.6. The number of anilines is 2. The van der Waals surface area contributed by atoms with Gasteiger partial charge in [0.1, 0.15) is 5.76 Å². The highest BCUT2D eigenvalue weighted by molar-refractivity contribution is 6.35. The van der Waals surface area contributed by atoms with E-state index in [2.05, 4.69) is 10.2 Å². The second-order valence-electron chi connectivity index (χ2n) is 7.71. The SMILES string of the molecule is CCCOC(=O)c1cc(NC(=O)c2ccc(-c3cc(Cl)ccc3Cl)o2)ccc1N1CCOCC1. The molecule has 0 saturated carbocycles. The zero-order chi connectivity index (χ0) is 24.1. The number of ether oxygens (including phenoxy) is 2. The van der Waals surface area contributed by atoms with Gasteiger partial charge in [-0.3, -0.25) is 4.79 Å². The van der Waals surface area contributed by atoms with Crippen LogP contribution in [0.3, 0.4) is 0 Å². The number of nitrogens with one attached hydrogen (secondary N) is 1. The summed E-state index contributed by atoms with van der Waals surface area (Å²) in [5.74, 6) is -0.380. The van der Waals surface area contributed by atoms with E-state index in [1.165, 1.54) is 0 Å². The molecule has 178 valence electrons. The lowest BCUT2D eigenvalue weighted by atomic mass is 10.1. The molecule has 1 aliphatic rings. The van der Waals surface area contributed by atoms with E-state index in [1.54, 1.807) is 42.5 Å². The quantitative estimate of drug-likeness (QED) is 0.404. The maximum Gasteiger partial charge on any atom is 0.340 e. The van der Waals surface area contributed by atoms with Crippen molar-refractivity contribution in [2.45, 2.75) is 13.3 Å². The van der Waals surface area contributed by atoms with E-state index in [9.17, 15) is 9.59 Å². The van der Waals surface area contributed by atoms with Crippen molar-refractivity contribution < 1.29 is 23.5 Å². The Hall–Kier alpha value is -3.00. The third-order valence-corrected chi connectivity index (χ3v) is 5.85. The second-order valence-corrected chi connectivity index (χ2v) is 8.55. The number of hydrogen-bond acceptors (Lipinski definition) is 6. The monoisotopic (exact) mass is 502 g/mol. The standard InChI is InChI=1S/C25H24Cl2N2O5/c1-2-11-33-25(31)19-15-17(4-6-21(19)29-9-12-32-13-10-29)28-24(30)23-8-7-22(34-23)18-14-16(26)3-5-20(18)27/h3-8,14-15H,2,9-13H2,1H3,(H,28,30). The van der Waals surface area contributed by atoms with Gasteiger partial charge in [-0.2, -0.15) is 0 Å². The number of carbonyl (C=O) groups is 2. The van der Waals surface area contributed by atoms with Crippen LogP contribution in [0.2, 0.25) is 10.0 Å². The van der Waals surface area contributed by atoms with Crippen LogP contribution >= 0.6 is 23.2 Å². The summed E-state index contributed by atoms with van der Waals surface area (Å²) in [6, 6.07) is 13.4. The highest BCUT2D eigenvalue weighted by atomic mass is 35.5. The number of carbonyl (C=O) groups excluding carboxylic acids is 2. The molecule has 3 aromatic rings. The van der Waals surface area contributed by atoms with Gasteiger partial charge in [0.25, 0.3) is 5.91 Å². The fourth-order valence-electron chi connectivity index (χ4n) is 3.61. The summed E-state index contributed by atoms with van der Waals surface area (Å²) in [5, 5.41) is 3.75. The molecule has 1 aromatic heterocycles. The molecule has 2 aromatic carbocycles. The number of esters is 1. The van der Waals surface area contributed by atoms with Gasteiger partial charge in [-0.15, -0.1) is 0 Å². The minimum absolute atomic E-state index is 0.0957. The van der Waals surface area contributed by atoms with E-state index in [0.29, 0.717) is 72.0 Å². The summed E-state index contributed by atoms with van der Waals surface area (Å²) in [7, 11) is 0. The first-order valence-corrected chi connectivity index (χ1v) is 11.7. The average Bonchev–Trinajstić information content (AvgIpc) is 3.35. The van der Waals surface area contributed by atoms with Gasteiger partial charge in [-0.05, 0) is 55.0 Å². The molecule has 1 N–H and O–H groups in total. The van der Waals surface area contributed by atoms with Crippen molar-refractivity contribution >= 4 is 46.5 Å². The molecule has 0 unspecified atom stereocenters. The van der Waals surface area contributed by atoms with Gasteiger partial charge < -0.3 is 24.1 Å². The molecule has 0 bridgehead atoms. The topological polar surface area (TPSA) is 81.0 Å². The van der Waals surface area contributed by atoms with Crippen molar-refractivity contribution in [3.05, 3.63) is 69.9 Å². The Morgan fingerprint density at radius 2 is 1.85 bits per heavy atom. The largest absolute Gasteiger partial charge is 0.462 e. The van der Waals surface area contributed by atoms with Crippen molar-refractivity contribution in [3.8, 4) is 11.3 Å². The fraction of sp³-hybridized carbons (Fsp3) is 0.280. The van der Waals surface area contributed by atoms with E-state index >= 15 is 0 Å². The van der Waals surface area contributed by atoms with Gasteiger partial charge in [-0.1, -0.05) is 30.1 Å². The number of rotatable bonds is 7. The number of morpholine rings is 1. The lowest BCUT2D eigenvalue weighted by molar-refractivity contribution is 0.0504. The van der Waals surface area contributed by atoms with Crippen molar-refractivity contribution in [3.63, 3.8) is 0 Å². The highest BCUT2D eigenvalue weighted by Crippen LogP contribution is 2.32. The molecule has 1 amide bonds. The van der Waals surface area contributed by atoms with Crippen LogP contribution in [-0.4, -0.2) is 44.8 Å². The number of halogens is 2. The molecule has 0 atom stereocenters. The molecule has 0 radical (unpaired) electrons. The number of furan rings is 1. The Morgan fingerprint density at radius 1 is 1.06 bits per heavy atom. The molecule has 9 heteroatoms. The van der Waals surface area contributed by atoms with Crippen molar-refractivity contribution in [2.24, 2.45) is 0 Å².